The molecule has 4 atom stereocenters. The lowest BCUT2D eigenvalue weighted by molar-refractivity contribution is -0.137. The molecular formula is C25H31ClFN3O4. The van der Waals surface area contributed by atoms with Crippen molar-refractivity contribution in [2.45, 2.75) is 45.3 Å². The summed E-state index contributed by atoms with van der Waals surface area (Å²) in [5.74, 6) is 0.132. The number of aliphatic carboxylic acids is 1. The van der Waals surface area contributed by atoms with Crippen LogP contribution < -0.4 is 19.3 Å². The highest BCUT2D eigenvalue weighted by Crippen LogP contribution is 2.36. The molecule has 7 nitrogen and oxygen atoms in total. The number of benzene rings is 1. The van der Waals surface area contributed by atoms with E-state index in [-0.39, 0.29) is 36.2 Å². The van der Waals surface area contributed by atoms with Crippen molar-refractivity contribution in [3.63, 3.8) is 0 Å². The molecule has 3 heterocycles. The van der Waals surface area contributed by atoms with Crippen LogP contribution in [0, 0.1) is 17.7 Å². The molecule has 0 saturated carbocycles. The lowest BCUT2D eigenvalue weighted by Crippen LogP contribution is -2.44. The van der Waals surface area contributed by atoms with Crippen LogP contribution in [0.4, 0.5) is 15.8 Å². The molecule has 4 rings (SSSR count). The van der Waals surface area contributed by atoms with Gasteiger partial charge in [-0.1, -0.05) is 25.4 Å². The van der Waals surface area contributed by atoms with E-state index in [1.807, 2.05) is 17.9 Å². The van der Waals surface area contributed by atoms with Crippen LogP contribution in [0.15, 0.2) is 30.5 Å². The second kappa shape index (κ2) is 10.3. The van der Waals surface area contributed by atoms with Gasteiger partial charge in [-0.05, 0) is 24.5 Å². The first-order valence-corrected chi connectivity index (χ1v) is 12.0. The van der Waals surface area contributed by atoms with Gasteiger partial charge in [-0.3, -0.25) is 4.79 Å². The Hall–Kier alpha value is -2.74. The number of pyridine rings is 1. The van der Waals surface area contributed by atoms with Crippen LogP contribution in [0.2, 0.25) is 5.02 Å². The average Bonchev–Trinajstić information content (AvgIpc) is 3.15. The van der Waals surface area contributed by atoms with Crippen LogP contribution in [0.1, 0.15) is 33.1 Å². The van der Waals surface area contributed by atoms with Gasteiger partial charge in [0.15, 0.2) is 0 Å². The zero-order valence-corrected chi connectivity index (χ0v) is 20.5. The minimum atomic E-state index is -0.865. The van der Waals surface area contributed by atoms with Gasteiger partial charge in [0.2, 0.25) is 5.88 Å². The van der Waals surface area contributed by atoms with Gasteiger partial charge < -0.3 is 24.4 Å². The summed E-state index contributed by atoms with van der Waals surface area (Å²) in [6.45, 7) is 6.25. The maximum Gasteiger partial charge on any atom is 0.305 e. The van der Waals surface area contributed by atoms with Crippen molar-refractivity contribution >= 4 is 28.9 Å². The van der Waals surface area contributed by atoms with Gasteiger partial charge in [-0.25, -0.2) is 9.37 Å². The standard InChI is InChI=1S/C25H31ClFN3O4/c1-15-6-9-30(21(15)12-25(31)32)20-5-4-17(10-19(20)27)34-23-7-8-29(14-16(23)2)22-11-24(33-3)28-13-18(22)26/h4-5,10-11,13,15-16,21,23H,6-9,12,14H2,1-3H3,(H,31,32)/t15-,16?,21+,23?/m1/s1. The molecule has 184 valence electrons. The van der Waals surface area contributed by atoms with Gasteiger partial charge in [-0.2, -0.15) is 0 Å². The van der Waals surface area contributed by atoms with Gasteiger partial charge in [0.25, 0.3) is 0 Å². The van der Waals surface area contributed by atoms with Crippen LogP contribution in [-0.2, 0) is 4.79 Å². The maximum atomic E-state index is 15.1. The number of carbonyl (C=O) groups is 1. The zero-order valence-electron chi connectivity index (χ0n) is 19.7. The number of carboxylic acids is 1. The summed E-state index contributed by atoms with van der Waals surface area (Å²) in [6.07, 6.45) is 3.14. The van der Waals surface area contributed by atoms with Gasteiger partial charge >= 0.3 is 5.97 Å². The minimum absolute atomic E-state index is 0.00230. The number of anilines is 2. The summed E-state index contributed by atoms with van der Waals surface area (Å²) in [6, 6.07) is 6.53. The topological polar surface area (TPSA) is 75.1 Å². The molecule has 0 amide bonds. The SMILES string of the molecule is COc1cc(N2CCC(Oc3ccc(N4CC[C@@H](C)[C@@H]4CC(=O)O)c(F)c3)C(C)C2)c(Cl)cn1. The Morgan fingerprint density at radius 3 is 2.68 bits per heavy atom. The summed E-state index contributed by atoms with van der Waals surface area (Å²) in [7, 11) is 1.57. The highest BCUT2D eigenvalue weighted by Gasteiger charge is 2.34. The van der Waals surface area contributed by atoms with Gasteiger partial charge in [0.1, 0.15) is 17.7 Å². The second-order valence-corrected chi connectivity index (χ2v) is 9.69. The molecule has 2 saturated heterocycles. The van der Waals surface area contributed by atoms with E-state index in [9.17, 15) is 9.90 Å². The summed E-state index contributed by atoms with van der Waals surface area (Å²) < 4.78 is 26.5. The normalized spacial score (nSPS) is 24.9. The third kappa shape index (κ3) is 5.17. The molecular weight excluding hydrogens is 461 g/mol. The predicted molar refractivity (Wildman–Crippen MR) is 130 cm³/mol. The number of piperidine rings is 1. The molecule has 2 aromatic rings. The van der Waals surface area contributed by atoms with Gasteiger partial charge in [-0.15, -0.1) is 0 Å². The first-order valence-electron chi connectivity index (χ1n) is 11.7. The second-order valence-electron chi connectivity index (χ2n) is 9.28. The molecule has 2 unspecified atom stereocenters. The Labute approximate surface area is 204 Å². The van der Waals surface area contributed by atoms with E-state index in [1.165, 1.54) is 6.07 Å². The van der Waals surface area contributed by atoms with Crippen LogP contribution >= 0.6 is 11.6 Å². The van der Waals surface area contributed by atoms with E-state index in [0.717, 1.165) is 31.6 Å². The Bertz CT molecular complexity index is 1040. The lowest BCUT2D eigenvalue weighted by Gasteiger charge is -2.38. The molecule has 1 aromatic carbocycles. The van der Waals surface area contributed by atoms with Crippen molar-refractivity contribution in [3.8, 4) is 11.6 Å². The van der Waals surface area contributed by atoms with Crippen molar-refractivity contribution in [3.05, 3.63) is 41.3 Å². The van der Waals surface area contributed by atoms with E-state index in [0.29, 0.717) is 28.9 Å². The van der Waals surface area contributed by atoms with Crippen molar-refractivity contribution in [1.82, 2.24) is 4.98 Å². The summed E-state index contributed by atoms with van der Waals surface area (Å²) in [5, 5.41) is 9.82. The van der Waals surface area contributed by atoms with E-state index in [1.54, 1.807) is 25.4 Å². The first-order chi connectivity index (χ1) is 16.3. The monoisotopic (exact) mass is 491 g/mol. The molecule has 0 spiro atoms. The van der Waals surface area contributed by atoms with Gasteiger partial charge in [0.05, 0.1) is 36.1 Å². The first kappa shape index (κ1) is 24.4. The lowest BCUT2D eigenvalue weighted by atomic mass is 9.96. The third-order valence-electron chi connectivity index (χ3n) is 6.97. The summed E-state index contributed by atoms with van der Waals surface area (Å²) in [4.78, 5) is 19.5. The van der Waals surface area contributed by atoms with Crippen LogP contribution in [0.3, 0.4) is 0 Å². The van der Waals surface area contributed by atoms with E-state index < -0.39 is 5.97 Å². The quantitative estimate of drug-likeness (QED) is 0.592. The Morgan fingerprint density at radius 1 is 1.21 bits per heavy atom. The Morgan fingerprint density at radius 2 is 2.00 bits per heavy atom. The molecule has 1 aromatic heterocycles. The summed E-state index contributed by atoms with van der Waals surface area (Å²) in [5.41, 5.74) is 1.32. The Balaban J connectivity index is 1.42. The molecule has 9 heteroatoms. The van der Waals surface area contributed by atoms with E-state index in [4.69, 9.17) is 21.1 Å². The van der Waals surface area contributed by atoms with Crippen molar-refractivity contribution in [2.75, 3.05) is 36.5 Å². The number of nitrogens with zero attached hydrogens (tertiary/aromatic N) is 3. The third-order valence-corrected chi connectivity index (χ3v) is 7.26. The molecule has 2 aliphatic heterocycles. The average molecular weight is 492 g/mol. The smallest absolute Gasteiger partial charge is 0.305 e. The molecule has 0 radical (unpaired) electrons. The van der Waals surface area contributed by atoms with Crippen molar-refractivity contribution in [1.29, 1.82) is 0 Å². The highest BCUT2D eigenvalue weighted by atomic mass is 35.5. The molecule has 0 aliphatic carbocycles. The Kier molecular flexibility index (Phi) is 7.36. The van der Waals surface area contributed by atoms with Crippen LogP contribution in [0.25, 0.3) is 0 Å². The van der Waals surface area contributed by atoms with Crippen LogP contribution in [0.5, 0.6) is 11.6 Å². The number of rotatable bonds is 7. The molecule has 2 fully saturated rings. The van der Waals surface area contributed by atoms with Gasteiger partial charge in [0, 0.05) is 50.1 Å². The van der Waals surface area contributed by atoms with Crippen molar-refractivity contribution < 1.29 is 23.8 Å². The number of hydrogen-bond acceptors (Lipinski definition) is 6. The fourth-order valence-corrected chi connectivity index (χ4v) is 5.27. The molecule has 1 N–H and O–H groups in total. The largest absolute Gasteiger partial charge is 0.490 e. The van der Waals surface area contributed by atoms with E-state index >= 15 is 4.39 Å². The molecule has 0 bridgehead atoms. The fraction of sp³-hybridized carbons (Fsp3) is 0.520. The maximum absolute atomic E-state index is 15.1. The number of methoxy groups -OCH3 is 1. The zero-order chi connectivity index (χ0) is 24.4. The number of aromatic nitrogens is 1. The number of ether oxygens (including phenoxy) is 2. The number of halogens is 2. The predicted octanol–water partition coefficient (Wildman–Crippen LogP) is 4.87. The van der Waals surface area contributed by atoms with Crippen molar-refractivity contribution in [2.24, 2.45) is 11.8 Å². The fourth-order valence-electron chi connectivity index (χ4n) is 5.05. The van der Waals surface area contributed by atoms with E-state index in [2.05, 4.69) is 16.8 Å². The highest BCUT2D eigenvalue weighted by molar-refractivity contribution is 6.33. The minimum Gasteiger partial charge on any atom is -0.490 e. The molecule has 2 aliphatic rings. The molecule has 34 heavy (non-hydrogen) atoms. The van der Waals surface area contributed by atoms with Crippen LogP contribution in [-0.4, -0.2) is 54.9 Å². The summed E-state index contributed by atoms with van der Waals surface area (Å²) >= 11 is 6.36. The number of carboxylic acid groups (broad SMARTS) is 1. The number of hydrogen-bond donors (Lipinski definition) is 1.